The topological polar surface area (TPSA) is 21.6 Å². The number of hydrogen-bond donors (Lipinski definition) is 0. The molecule has 0 N–H and O–H groups in total. The molecule has 112 valence electrons. The minimum atomic E-state index is 0.813. The van der Waals surface area contributed by atoms with Gasteiger partial charge in [0, 0.05) is 6.42 Å². The first kappa shape index (κ1) is 16.5. The standard InChI is InChI=1S/C17H33NO/c1-2-3-4-5-6-7-8-9-10-11-12-13-14-17-18-15-16-19-17/h2-16H2,1H3. The summed E-state index contributed by atoms with van der Waals surface area (Å²) in [6.45, 7) is 3.98. The smallest absolute Gasteiger partial charge is 0.183 e. The van der Waals surface area contributed by atoms with Crippen molar-refractivity contribution in [2.75, 3.05) is 13.2 Å². The second-order valence-electron chi connectivity index (χ2n) is 5.76. The van der Waals surface area contributed by atoms with Gasteiger partial charge in [0.25, 0.3) is 0 Å². The third kappa shape index (κ3) is 9.98. The molecule has 2 nitrogen and oxygen atoms in total. The SMILES string of the molecule is CCCCCCCCCCCCCCC1=NCCO1. The summed E-state index contributed by atoms with van der Waals surface area (Å²) in [4.78, 5) is 4.32. The van der Waals surface area contributed by atoms with Crippen LogP contribution in [0.15, 0.2) is 4.99 Å². The Balaban J connectivity index is 1.69. The van der Waals surface area contributed by atoms with Gasteiger partial charge in [-0.2, -0.15) is 0 Å². The summed E-state index contributed by atoms with van der Waals surface area (Å²) in [6, 6.07) is 0. The van der Waals surface area contributed by atoms with Gasteiger partial charge in [-0.05, 0) is 6.42 Å². The second-order valence-corrected chi connectivity index (χ2v) is 5.76. The van der Waals surface area contributed by atoms with E-state index in [4.69, 9.17) is 4.74 Å². The van der Waals surface area contributed by atoms with Crippen LogP contribution in [0.4, 0.5) is 0 Å². The molecule has 0 saturated carbocycles. The lowest BCUT2D eigenvalue weighted by Gasteiger charge is -2.03. The van der Waals surface area contributed by atoms with Crippen LogP contribution in [0.25, 0.3) is 0 Å². The molecule has 1 heterocycles. The van der Waals surface area contributed by atoms with Gasteiger partial charge in [-0.3, -0.25) is 4.99 Å². The average molecular weight is 267 g/mol. The predicted octanol–water partition coefficient (Wildman–Crippen LogP) is 5.51. The molecule has 0 bridgehead atoms. The Kier molecular flexibility index (Phi) is 10.9. The lowest BCUT2D eigenvalue weighted by molar-refractivity contribution is 0.336. The quantitative estimate of drug-likeness (QED) is 0.403. The highest BCUT2D eigenvalue weighted by molar-refractivity contribution is 5.77. The van der Waals surface area contributed by atoms with Gasteiger partial charge in [-0.1, -0.05) is 77.6 Å². The lowest BCUT2D eigenvalue weighted by atomic mass is 10.0. The van der Waals surface area contributed by atoms with Crippen molar-refractivity contribution in [2.45, 2.75) is 90.4 Å². The minimum absolute atomic E-state index is 0.813. The van der Waals surface area contributed by atoms with Crippen LogP contribution in [0.3, 0.4) is 0 Å². The summed E-state index contributed by atoms with van der Waals surface area (Å²) in [6.07, 6.45) is 18.0. The van der Waals surface area contributed by atoms with E-state index >= 15 is 0 Å². The van der Waals surface area contributed by atoms with E-state index in [0.717, 1.165) is 25.5 Å². The van der Waals surface area contributed by atoms with Gasteiger partial charge in [0.05, 0.1) is 6.54 Å². The molecule has 19 heavy (non-hydrogen) atoms. The molecule has 2 heteroatoms. The molecule has 0 spiro atoms. The maximum absolute atomic E-state index is 5.40. The minimum Gasteiger partial charge on any atom is -0.479 e. The zero-order valence-corrected chi connectivity index (χ0v) is 13.0. The number of rotatable bonds is 13. The largest absolute Gasteiger partial charge is 0.479 e. The van der Waals surface area contributed by atoms with Crippen LogP contribution in [-0.2, 0) is 4.74 Å². The van der Waals surface area contributed by atoms with E-state index in [2.05, 4.69) is 11.9 Å². The van der Waals surface area contributed by atoms with Gasteiger partial charge in [0.15, 0.2) is 5.90 Å². The Morgan fingerprint density at radius 3 is 1.79 bits per heavy atom. The van der Waals surface area contributed by atoms with E-state index < -0.39 is 0 Å². The molecule has 0 aromatic carbocycles. The van der Waals surface area contributed by atoms with Gasteiger partial charge >= 0.3 is 0 Å². The highest BCUT2D eigenvalue weighted by Crippen LogP contribution is 2.13. The van der Waals surface area contributed by atoms with E-state index in [1.165, 1.54) is 77.0 Å². The molecule has 0 amide bonds. The summed E-state index contributed by atoms with van der Waals surface area (Å²) in [5.41, 5.74) is 0. The summed E-state index contributed by atoms with van der Waals surface area (Å²) in [5.74, 6) is 1.01. The molecule has 0 aromatic heterocycles. The summed E-state index contributed by atoms with van der Waals surface area (Å²) in [7, 11) is 0. The third-order valence-electron chi connectivity index (χ3n) is 3.89. The van der Waals surface area contributed by atoms with E-state index in [1.54, 1.807) is 0 Å². The Morgan fingerprint density at radius 1 is 0.789 bits per heavy atom. The van der Waals surface area contributed by atoms with E-state index in [-0.39, 0.29) is 0 Å². The molecule has 0 saturated heterocycles. The molecule has 0 unspecified atom stereocenters. The van der Waals surface area contributed by atoms with Gasteiger partial charge in [0.1, 0.15) is 6.61 Å². The fourth-order valence-electron chi connectivity index (χ4n) is 2.65. The summed E-state index contributed by atoms with van der Waals surface area (Å²) >= 11 is 0. The van der Waals surface area contributed by atoms with Crippen molar-refractivity contribution in [3.05, 3.63) is 0 Å². The van der Waals surface area contributed by atoms with Gasteiger partial charge in [-0.15, -0.1) is 0 Å². The normalized spacial score (nSPS) is 14.5. The number of ether oxygens (including phenoxy) is 1. The number of hydrogen-bond acceptors (Lipinski definition) is 2. The van der Waals surface area contributed by atoms with E-state index in [0.29, 0.717) is 0 Å². The zero-order chi connectivity index (χ0) is 13.6. The molecular formula is C17H33NO. The molecule has 0 fully saturated rings. The predicted molar refractivity (Wildman–Crippen MR) is 83.9 cm³/mol. The molecule has 1 aliphatic heterocycles. The summed E-state index contributed by atoms with van der Waals surface area (Å²) in [5, 5.41) is 0. The number of nitrogens with zero attached hydrogens (tertiary/aromatic N) is 1. The van der Waals surface area contributed by atoms with Crippen molar-refractivity contribution >= 4 is 5.90 Å². The average Bonchev–Trinajstić information content (AvgIpc) is 2.93. The third-order valence-corrected chi connectivity index (χ3v) is 3.89. The highest BCUT2D eigenvalue weighted by atomic mass is 16.5. The monoisotopic (exact) mass is 267 g/mol. The Hall–Kier alpha value is -0.530. The summed E-state index contributed by atoms with van der Waals surface area (Å²) < 4.78 is 5.40. The van der Waals surface area contributed by atoms with Gasteiger partial charge in [-0.25, -0.2) is 0 Å². The van der Waals surface area contributed by atoms with E-state index in [1.807, 2.05) is 0 Å². The van der Waals surface area contributed by atoms with Crippen LogP contribution in [0, 0.1) is 0 Å². The van der Waals surface area contributed by atoms with E-state index in [9.17, 15) is 0 Å². The van der Waals surface area contributed by atoms with Crippen molar-refractivity contribution in [1.82, 2.24) is 0 Å². The van der Waals surface area contributed by atoms with Crippen molar-refractivity contribution in [3.63, 3.8) is 0 Å². The molecule has 0 aromatic rings. The molecule has 0 aliphatic carbocycles. The highest BCUT2D eigenvalue weighted by Gasteiger charge is 2.05. The molecule has 0 radical (unpaired) electrons. The van der Waals surface area contributed by atoms with Gasteiger partial charge in [0.2, 0.25) is 0 Å². The first-order valence-electron chi connectivity index (χ1n) is 8.59. The first-order valence-corrected chi connectivity index (χ1v) is 8.59. The number of aliphatic imine (C=N–C) groups is 1. The van der Waals surface area contributed by atoms with Crippen molar-refractivity contribution in [1.29, 1.82) is 0 Å². The lowest BCUT2D eigenvalue weighted by Crippen LogP contribution is -1.98. The van der Waals surface area contributed by atoms with Crippen LogP contribution < -0.4 is 0 Å². The maximum atomic E-state index is 5.40. The second kappa shape index (κ2) is 12.5. The number of unbranched alkanes of at least 4 members (excludes halogenated alkanes) is 11. The van der Waals surface area contributed by atoms with Crippen LogP contribution in [0.1, 0.15) is 90.4 Å². The van der Waals surface area contributed by atoms with Crippen LogP contribution in [-0.4, -0.2) is 19.0 Å². The molecule has 1 aliphatic rings. The molecule has 0 atom stereocenters. The van der Waals surface area contributed by atoms with Crippen molar-refractivity contribution < 1.29 is 4.74 Å². The fraction of sp³-hybridized carbons (Fsp3) is 0.941. The van der Waals surface area contributed by atoms with Crippen LogP contribution in [0.2, 0.25) is 0 Å². The Labute approximate surface area is 120 Å². The molecular weight excluding hydrogens is 234 g/mol. The van der Waals surface area contributed by atoms with Crippen molar-refractivity contribution in [3.8, 4) is 0 Å². The van der Waals surface area contributed by atoms with Gasteiger partial charge < -0.3 is 4.74 Å². The molecule has 1 rings (SSSR count). The van der Waals surface area contributed by atoms with Crippen molar-refractivity contribution in [2.24, 2.45) is 4.99 Å². The first-order chi connectivity index (χ1) is 9.43. The maximum Gasteiger partial charge on any atom is 0.183 e. The van der Waals surface area contributed by atoms with Crippen LogP contribution in [0.5, 0.6) is 0 Å². The Morgan fingerprint density at radius 2 is 1.32 bits per heavy atom. The zero-order valence-electron chi connectivity index (χ0n) is 13.0. The Bertz CT molecular complexity index is 225. The van der Waals surface area contributed by atoms with Crippen LogP contribution >= 0.6 is 0 Å². The fourth-order valence-corrected chi connectivity index (χ4v) is 2.65.